The van der Waals surface area contributed by atoms with Crippen LogP contribution in [0, 0.1) is 23.7 Å². The molecule has 16 heavy (non-hydrogen) atoms. The Hall–Kier alpha value is -1.90. The molecule has 0 amide bonds. The second-order valence-electron chi connectivity index (χ2n) is 3.73. The van der Waals surface area contributed by atoms with Gasteiger partial charge in [-0.3, -0.25) is 0 Å². The Morgan fingerprint density at radius 2 is 1.94 bits per heavy atom. The van der Waals surface area contributed by atoms with Crippen molar-refractivity contribution in [3.63, 3.8) is 0 Å². The minimum Gasteiger partial charge on any atom is -0.508 e. The van der Waals surface area contributed by atoms with Crippen molar-refractivity contribution in [3.05, 3.63) is 29.3 Å². The van der Waals surface area contributed by atoms with Crippen LogP contribution in [-0.4, -0.2) is 16.3 Å². The molecular weight excluding hydrogens is 200 g/mol. The van der Waals surface area contributed by atoms with Crippen molar-refractivity contribution in [1.82, 2.24) is 0 Å². The maximum atomic E-state index is 9.51. The van der Waals surface area contributed by atoms with Crippen molar-refractivity contribution >= 4 is 0 Å². The number of phenols is 1. The van der Waals surface area contributed by atoms with Crippen LogP contribution >= 0.6 is 0 Å². The fourth-order valence-electron chi connectivity index (χ4n) is 1.51. The van der Waals surface area contributed by atoms with E-state index in [4.69, 9.17) is 0 Å². The average Bonchev–Trinajstić information content (AvgIpc) is 2.27. The lowest BCUT2D eigenvalue weighted by Gasteiger charge is -2.04. The molecule has 0 fully saturated rings. The van der Waals surface area contributed by atoms with Crippen LogP contribution in [0.1, 0.15) is 30.4 Å². The lowest BCUT2D eigenvalue weighted by molar-refractivity contribution is 0.172. The summed E-state index contributed by atoms with van der Waals surface area (Å²) in [5.41, 5.74) is 1.56. The fourth-order valence-corrected chi connectivity index (χ4v) is 1.51. The third kappa shape index (κ3) is 2.57. The van der Waals surface area contributed by atoms with Crippen LogP contribution < -0.4 is 0 Å². The highest BCUT2D eigenvalue weighted by Gasteiger charge is 2.03. The van der Waals surface area contributed by atoms with E-state index in [1.54, 1.807) is 18.2 Å². The molecule has 0 heterocycles. The van der Waals surface area contributed by atoms with E-state index in [1.165, 1.54) is 0 Å². The number of aliphatic hydroxyl groups is 1. The summed E-state index contributed by atoms with van der Waals surface area (Å²) in [6.45, 7) is 0. The number of fused-ring (bicyclic) bond motifs is 1. The zero-order chi connectivity index (χ0) is 11.4. The van der Waals surface area contributed by atoms with Gasteiger partial charge in [0.2, 0.25) is 0 Å². The zero-order valence-corrected chi connectivity index (χ0v) is 8.83. The van der Waals surface area contributed by atoms with Gasteiger partial charge < -0.3 is 10.2 Å². The van der Waals surface area contributed by atoms with Gasteiger partial charge in [-0.1, -0.05) is 23.7 Å². The summed E-state index contributed by atoms with van der Waals surface area (Å²) in [4.78, 5) is 0. The lowest BCUT2D eigenvalue weighted by Crippen LogP contribution is -2.04. The molecule has 0 saturated carbocycles. The number of aliphatic hydroxyl groups excluding tert-OH is 1. The molecule has 0 radical (unpaired) electrons. The predicted octanol–water partition coefficient (Wildman–Crippen LogP) is 1.64. The monoisotopic (exact) mass is 212 g/mol. The molecule has 0 bridgehead atoms. The average molecular weight is 212 g/mol. The molecule has 80 valence electrons. The summed E-state index contributed by atoms with van der Waals surface area (Å²) in [6, 6.07) is 4.97. The van der Waals surface area contributed by atoms with Crippen molar-refractivity contribution in [2.24, 2.45) is 0 Å². The van der Waals surface area contributed by atoms with E-state index in [0.29, 0.717) is 19.3 Å². The van der Waals surface area contributed by atoms with Crippen LogP contribution in [0.2, 0.25) is 0 Å². The highest BCUT2D eigenvalue weighted by atomic mass is 16.3. The van der Waals surface area contributed by atoms with E-state index in [2.05, 4.69) is 23.7 Å². The molecule has 2 heteroatoms. The summed E-state index contributed by atoms with van der Waals surface area (Å²) in [5.74, 6) is 12.0. The van der Waals surface area contributed by atoms with Gasteiger partial charge in [-0.2, -0.15) is 0 Å². The van der Waals surface area contributed by atoms with Crippen LogP contribution in [0.3, 0.4) is 0 Å². The van der Waals surface area contributed by atoms with Crippen LogP contribution in [0.25, 0.3) is 0 Å². The van der Waals surface area contributed by atoms with Crippen LogP contribution in [-0.2, 0) is 0 Å². The molecule has 0 aliphatic heterocycles. The van der Waals surface area contributed by atoms with Gasteiger partial charge in [-0.05, 0) is 24.6 Å². The number of hydrogen-bond acceptors (Lipinski definition) is 2. The van der Waals surface area contributed by atoms with Crippen LogP contribution in [0.4, 0.5) is 0 Å². The Morgan fingerprint density at radius 1 is 1.12 bits per heavy atom. The van der Waals surface area contributed by atoms with Crippen molar-refractivity contribution in [3.8, 4) is 29.4 Å². The summed E-state index contributed by atoms with van der Waals surface area (Å²) < 4.78 is 0. The zero-order valence-electron chi connectivity index (χ0n) is 8.83. The first-order valence-electron chi connectivity index (χ1n) is 5.24. The van der Waals surface area contributed by atoms with Gasteiger partial charge >= 0.3 is 0 Å². The normalized spacial score (nSPS) is 18.4. The lowest BCUT2D eigenvalue weighted by atomic mass is 10.0. The van der Waals surface area contributed by atoms with Gasteiger partial charge in [-0.15, -0.1) is 0 Å². The number of phenolic OH excluding ortho intramolecular Hbond substituents is 1. The molecule has 0 aromatic heterocycles. The molecule has 1 aromatic rings. The van der Waals surface area contributed by atoms with Gasteiger partial charge in [0.1, 0.15) is 5.75 Å². The Balaban J connectivity index is 2.42. The maximum Gasteiger partial charge on any atom is 0.116 e. The minimum atomic E-state index is -0.388. The number of benzene rings is 1. The Labute approximate surface area is 94.9 Å². The maximum absolute atomic E-state index is 9.51. The molecule has 0 spiro atoms. The molecule has 2 rings (SSSR count). The highest BCUT2D eigenvalue weighted by molar-refractivity contribution is 5.53. The third-order valence-electron chi connectivity index (χ3n) is 2.39. The smallest absolute Gasteiger partial charge is 0.116 e. The van der Waals surface area contributed by atoms with Gasteiger partial charge in [0.05, 0.1) is 6.10 Å². The van der Waals surface area contributed by atoms with Crippen LogP contribution in [0.15, 0.2) is 18.2 Å². The second-order valence-corrected chi connectivity index (χ2v) is 3.73. The van der Waals surface area contributed by atoms with Gasteiger partial charge in [-0.25, -0.2) is 0 Å². The van der Waals surface area contributed by atoms with E-state index in [9.17, 15) is 10.2 Å². The fraction of sp³-hybridized carbons (Fsp3) is 0.286. The number of hydrogen-bond donors (Lipinski definition) is 2. The number of aromatic hydroxyl groups is 1. The number of rotatable bonds is 0. The largest absolute Gasteiger partial charge is 0.508 e. The van der Waals surface area contributed by atoms with Crippen molar-refractivity contribution in [2.75, 3.05) is 0 Å². The second kappa shape index (κ2) is 4.75. The molecule has 1 aliphatic rings. The minimum absolute atomic E-state index is 0.201. The van der Waals surface area contributed by atoms with Crippen LogP contribution in [0.5, 0.6) is 5.75 Å². The summed E-state index contributed by atoms with van der Waals surface area (Å²) in [5, 5.41) is 18.9. The third-order valence-corrected chi connectivity index (χ3v) is 2.39. The first kappa shape index (κ1) is 10.6. The summed E-state index contributed by atoms with van der Waals surface area (Å²) in [6.07, 6.45) is 1.39. The molecular formula is C14H12O2. The van der Waals surface area contributed by atoms with Gasteiger partial charge in [0.15, 0.2) is 0 Å². The first-order chi connectivity index (χ1) is 7.75. The molecule has 1 aromatic carbocycles. The molecule has 0 saturated heterocycles. The Bertz CT molecular complexity index is 509. The standard InChI is InChI=1S/C14H12O2/c15-13-6-2-1-4-12-10-14(16)9-8-11(12)5-3-7-13/h8-10,13,15-16H,2,6-7H2/t13-/m0/s1. The molecule has 1 aliphatic carbocycles. The van der Waals surface area contributed by atoms with Crippen molar-refractivity contribution < 1.29 is 10.2 Å². The quantitative estimate of drug-likeness (QED) is 0.642. The first-order valence-corrected chi connectivity index (χ1v) is 5.24. The van der Waals surface area contributed by atoms with Crippen molar-refractivity contribution in [2.45, 2.75) is 25.4 Å². The predicted molar refractivity (Wildman–Crippen MR) is 61.7 cm³/mol. The molecule has 0 unspecified atom stereocenters. The SMILES string of the molecule is Oc1ccc2c(c1)C#CCC[C@H](O)CC#C2. The molecule has 2 nitrogen and oxygen atoms in total. The van der Waals surface area contributed by atoms with E-state index >= 15 is 0 Å². The Morgan fingerprint density at radius 3 is 2.81 bits per heavy atom. The van der Waals surface area contributed by atoms with E-state index in [0.717, 1.165) is 11.1 Å². The highest BCUT2D eigenvalue weighted by Crippen LogP contribution is 2.15. The van der Waals surface area contributed by atoms with Crippen molar-refractivity contribution in [1.29, 1.82) is 0 Å². The summed E-state index contributed by atoms with van der Waals surface area (Å²) >= 11 is 0. The van der Waals surface area contributed by atoms with E-state index < -0.39 is 0 Å². The molecule has 1 atom stereocenters. The van der Waals surface area contributed by atoms with E-state index in [1.807, 2.05) is 0 Å². The molecule has 2 N–H and O–H groups in total. The Kier molecular flexibility index (Phi) is 3.15. The topological polar surface area (TPSA) is 40.5 Å². The van der Waals surface area contributed by atoms with Gasteiger partial charge in [0.25, 0.3) is 0 Å². The van der Waals surface area contributed by atoms with E-state index in [-0.39, 0.29) is 11.9 Å². The summed E-state index contributed by atoms with van der Waals surface area (Å²) in [7, 11) is 0. The van der Waals surface area contributed by atoms with Gasteiger partial charge in [0, 0.05) is 24.0 Å².